The van der Waals surface area contributed by atoms with Crippen LogP contribution in [0.5, 0.6) is 0 Å². The van der Waals surface area contributed by atoms with Gasteiger partial charge in [-0.2, -0.15) is 0 Å². The molecule has 10 heavy (non-hydrogen) atoms. The van der Waals surface area contributed by atoms with Gasteiger partial charge in [0.25, 0.3) is 0 Å². The maximum atomic E-state index is 8.66. The summed E-state index contributed by atoms with van der Waals surface area (Å²) in [5.74, 6) is 0. The second kappa shape index (κ2) is 5.10. The Bertz CT molecular complexity index is 79.7. The first-order valence-electron chi connectivity index (χ1n) is 3.49. The number of aliphatic hydroxyl groups is 1. The zero-order chi connectivity index (χ0) is 8.04. The van der Waals surface area contributed by atoms with E-state index in [1.165, 1.54) is 0 Å². The highest BCUT2D eigenvalue weighted by molar-refractivity contribution is 9.09. The van der Waals surface area contributed by atoms with E-state index >= 15 is 0 Å². The molecule has 0 aromatic rings. The molecule has 0 amide bonds. The normalized spacial score (nSPS) is 16.8. The van der Waals surface area contributed by atoms with Gasteiger partial charge in [0.05, 0.1) is 5.60 Å². The van der Waals surface area contributed by atoms with Crippen molar-refractivity contribution in [3.8, 4) is 0 Å². The third-order valence-corrected chi connectivity index (χ3v) is 2.60. The van der Waals surface area contributed by atoms with Gasteiger partial charge in [-0.25, -0.2) is 0 Å². The summed E-state index contributed by atoms with van der Waals surface area (Å²) in [5, 5.41) is 9.43. The first-order chi connectivity index (χ1) is 4.68. The maximum Gasteiger partial charge on any atom is 0.0772 e. The van der Waals surface area contributed by atoms with E-state index in [1.807, 2.05) is 13.8 Å². The van der Waals surface area contributed by atoms with E-state index in [1.54, 1.807) is 0 Å². The van der Waals surface area contributed by atoms with Gasteiger partial charge < -0.3 is 9.84 Å². The molecule has 0 saturated carbocycles. The predicted molar refractivity (Wildman–Crippen MR) is 45.5 cm³/mol. The van der Waals surface area contributed by atoms with Crippen molar-refractivity contribution in [3.05, 3.63) is 0 Å². The van der Waals surface area contributed by atoms with Crippen molar-refractivity contribution >= 4 is 15.9 Å². The minimum absolute atomic E-state index is 0.183. The Morgan fingerprint density at radius 1 is 1.60 bits per heavy atom. The molecule has 1 atom stereocenters. The van der Waals surface area contributed by atoms with E-state index in [9.17, 15) is 0 Å². The van der Waals surface area contributed by atoms with Crippen molar-refractivity contribution in [2.45, 2.75) is 25.9 Å². The highest BCUT2D eigenvalue weighted by Gasteiger charge is 2.21. The van der Waals surface area contributed by atoms with Crippen molar-refractivity contribution in [1.82, 2.24) is 0 Å². The first-order valence-corrected chi connectivity index (χ1v) is 4.61. The Kier molecular flexibility index (Phi) is 5.31. The molecule has 0 spiro atoms. The largest absolute Gasteiger partial charge is 0.396 e. The van der Waals surface area contributed by atoms with E-state index in [0.29, 0.717) is 13.0 Å². The quantitative estimate of drug-likeness (QED) is 0.699. The Balaban J connectivity index is 3.69. The summed E-state index contributed by atoms with van der Waals surface area (Å²) in [6.07, 6.45) is 0.687. The molecule has 1 unspecified atom stereocenters. The van der Waals surface area contributed by atoms with E-state index in [0.717, 1.165) is 5.33 Å². The molecule has 0 bridgehead atoms. The maximum absolute atomic E-state index is 8.66. The second-order valence-electron chi connectivity index (χ2n) is 2.49. The number of ether oxygens (including phenoxy) is 1. The molecule has 0 fully saturated rings. The van der Waals surface area contributed by atoms with E-state index in [-0.39, 0.29) is 12.2 Å². The van der Waals surface area contributed by atoms with Crippen molar-refractivity contribution in [2.75, 3.05) is 18.5 Å². The topological polar surface area (TPSA) is 29.5 Å². The smallest absolute Gasteiger partial charge is 0.0772 e. The van der Waals surface area contributed by atoms with Crippen LogP contribution in [0.3, 0.4) is 0 Å². The zero-order valence-corrected chi connectivity index (χ0v) is 8.15. The third-order valence-electron chi connectivity index (χ3n) is 1.42. The summed E-state index contributed by atoms with van der Waals surface area (Å²) in [4.78, 5) is 0. The molecule has 1 N–H and O–H groups in total. The Morgan fingerprint density at radius 2 is 2.20 bits per heavy atom. The fourth-order valence-corrected chi connectivity index (χ4v) is 1.20. The molecule has 2 nitrogen and oxygen atoms in total. The predicted octanol–water partition coefficient (Wildman–Crippen LogP) is 1.56. The summed E-state index contributed by atoms with van der Waals surface area (Å²) in [7, 11) is 0. The van der Waals surface area contributed by atoms with Crippen molar-refractivity contribution in [1.29, 1.82) is 0 Å². The minimum Gasteiger partial charge on any atom is -0.396 e. The van der Waals surface area contributed by atoms with Gasteiger partial charge in [0.15, 0.2) is 0 Å². The van der Waals surface area contributed by atoms with Crippen LogP contribution in [-0.2, 0) is 4.74 Å². The van der Waals surface area contributed by atoms with Gasteiger partial charge >= 0.3 is 0 Å². The van der Waals surface area contributed by atoms with E-state index in [4.69, 9.17) is 9.84 Å². The molecule has 62 valence electrons. The lowest BCUT2D eigenvalue weighted by molar-refractivity contribution is -0.0211. The van der Waals surface area contributed by atoms with Crippen molar-refractivity contribution < 1.29 is 9.84 Å². The van der Waals surface area contributed by atoms with Crippen LogP contribution in [0.4, 0.5) is 0 Å². The molecule has 3 heteroatoms. The van der Waals surface area contributed by atoms with Crippen LogP contribution in [-0.4, -0.2) is 29.3 Å². The van der Waals surface area contributed by atoms with Gasteiger partial charge in [0.1, 0.15) is 0 Å². The fourth-order valence-electron chi connectivity index (χ4n) is 0.763. The highest BCUT2D eigenvalue weighted by Crippen LogP contribution is 2.17. The average Bonchev–Trinajstić information content (AvgIpc) is 1.89. The number of aliphatic hydroxyl groups excluding tert-OH is 1. The average molecular weight is 211 g/mol. The summed E-state index contributed by atoms with van der Waals surface area (Å²) in [5.41, 5.74) is -0.191. The van der Waals surface area contributed by atoms with Crippen LogP contribution >= 0.6 is 15.9 Å². The summed E-state index contributed by atoms with van der Waals surface area (Å²) >= 11 is 3.34. The molecule has 0 saturated heterocycles. The Hall–Kier alpha value is 0.400. The van der Waals surface area contributed by atoms with Crippen molar-refractivity contribution in [3.63, 3.8) is 0 Å². The molecule has 0 rings (SSSR count). The van der Waals surface area contributed by atoms with Crippen molar-refractivity contribution in [2.24, 2.45) is 0 Å². The molecule has 0 aromatic heterocycles. The summed E-state index contributed by atoms with van der Waals surface area (Å²) < 4.78 is 5.41. The lowest BCUT2D eigenvalue weighted by atomic mass is 10.1. The molecular weight excluding hydrogens is 196 g/mol. The molecule has 0 aliphatic heterocycles. The lowest BCUT2D eigenvalue weighted by Gasteiger charge is -2.26. The fraction of sp³-hybridized carbons (Fsp3) is 1.00. The number of alkyl halides is 1. The van der Waals surface area contributed by atoms with Crippen LogP contribution in [0.2, 0.25) is 0 Å². The number of rotatable bonds is 5. The zero-order valence-electron chi connectivity index (χ0n) is 6.56. The molecular formula is C7H15BrO2. The summed E-state index contributed by atoms with van der Waals surface area (Å²) in [6.45, 7) is 4.82. The Labute approximate surface area is 70.7 Å². The van der Waals surface area contributed by atoms with Crippen LogP contribution in [0.15, 0.2) is 0 Å². The van der Waals surface area contributed by atoms with Gasteiger partial charge in [0, 0.05) is 25.0 Å². The number of hydrogen-bond donors (Lipinski definition) is 1. The molecule has 0 aliphatic carbocycles. The summed E-state index contributed by atoms with van der Waals surface area (Å²) in [6, 6.07) is 0. The SMILES string of the molecule is CCOC(C)(CBr)CCO. The minimum atomic E-state index is -0.191. The molecule has 0 aromatic carbocycles. The molecule has 0 aliphatic rings. The highest BCUT2D eigenvalue weighted by atomic mass is 79.9. The van der Waals surface area contributed by atoms with Crippen LogP contribution < -0.4 is 0 Å². The first kappa shape index (κ1) is 10.4. The second-order valence-corrected chi connectivity index (χ2v) is 3.05. The number of hydrogen-bond acceptors (Lipinski definition) is 2. The van der Waals surface area contributed by atoms with Gasteiger partial charge in [-0.1, -0.05) is 15.9 Å². The Morgan fingerprint density at radius 3 is 2.50 bits per heavy atom. The monoisotopic (exact) mass is 210 g/mol. The van der Waals surface area contributed by atoms with Crippen LogP contribution in [0, 0.1) is 0 Å². The van der Waals surface area contributed by atoms with Gasteiger partial charge in [-0.05, 0) is 13.8 Å². The van der Waals surface area contributed by atoms with Gasteiger partial charge in [0.2, 0.25) is 0 Å². The molecule has 0 heterocycles. The van der Waals surface area contributed by atoms with E-state index < -0.39 is 0 Å². The van der Waals surface area contributed by atoms with E-state index in [2.05, 4.69) is 15.9 Å². The third kappa shape index (κ3) is 3.54. The lowest BCUT2D eigenvalue weighted by Crippen LogP contribution is -2.31. The standard InChI is InChI=1S/C7H15BrO2/c1-3-10-7(2,6-8)4-5-9/h9H,3-6H2,1-2H3. The van der Waals surface area contributed by atoms with Crippen LogP contribution in [0.25, 0.3) is 0 Å². The molecule has 0 radical (unpaired) electrons. The van der Waals surface area contributed by atoms with Gasteiger partial charge in [-0.15, -0.1) is 0 Å². The van der Waals surface area contributed by atoms with Crippen LogP contribution in [0.1, 0.15) is 20.3 Å². The van der Waals surface area contributed by atoms with Gasteiger partial charge in [-0.3, -0.25) is 0 Å². The number of halogens is 1.